The number of oxime groups is 1. The summed E-state index contributed by atoms with van der Waals surface area (Å²) in [7, 11) is 0. The fourth-order valence-electron chi connectivity index (χ4n) is 2.00. The molecule has 1 aliphatic rings. The van der Waals surface area contributed by atoms with Gasteiger partial charge in [-0.05, 0) is 30.5 Å². The van der Waals surface area contributed by atoms with E-state index in [1.165, 1.54) is 0 Å². The smallest absolute Gasteiger partial charge is 0.267 e. The lowest BCUT2D eigenvalue weighted by Gasteiger charge is -2.19. The van der Waals surface area contributed by atoms with E-state index < -0.39 is 5.60 Å². The fourth-order valence-corrected chi connectivity index (χ4v) is 2.71. The molecule has 0 fully saturated rings. The van der Waals surface area contributed by atoms with Crippen LogP contribution in [0.4, 0.5) is 0 Å². The van der Waals surface area contributed by atoms with E-state index in [0.29, 0.717) is 18.7 Å². The van der Waals surface area contributed by atoms with Crippen molar-refractivity contribution in [2.45, 2.75) is 25.5 Å². The average molecular weight is 290 g/mol. The van der Waals surface area contributed by atoms with E-state index in [-0.39, 0.29) is 5.91 Å². The highest BCUT2D eigenvalue weighted by Crippen LogP contribution is 2.28. The Hall–Kier alpha value is -2.08. The Morgan fingerprint density at radius 3 is 3.10 bits per heavy atom. The molecular weight excluding hydrogens is 276 g/mol. The highest BCUT2D eigenvalue weighted by molar-refractivity contribution is 7.12. The third kappa shape index (κ3) is 2.46. The maximum atomic E-state index is 12.2. The molecule has 3 rings (SSSR count). The lowest BCUT2D eigenvalue weighted by Crippen LogP contribution is -2.44. The molecule has 20 heavy (non-hydrogen) atoms. The predicted molar refractivity (Wildman–Crippen MR) is 75.5 cm³/mol. The molecule has 0 saturated carbocycles. The van der Waals surface area contributed by atoms with Crippen LogP contribution in [0.3, 0.4) is 0 Å². The van der Waals surface area contributed by atoms with E-state index in [0.717, 1.165) is 10.6 Å². The molecular formula is C14H14N2O3S. The summed E-state index contributed by atoms with van der Waals surface area (Å²) < 4.78 is 5.18. The van der Waals surface area contributed by atoms with Crippen molar-refractivity contribution in [1.82, 2.24) is 5.32 Å². The number of nitrogens with zero attached hydrogens (tertiary/aromatic N) is 1. The van der Waals surface area contributed by atoms with Gasteiger partial charge in [0.2, 0.25) is 5.60 Å². The predicted octanol–water partition coefficient (Wildman–Crippen LogP) is 2.54. The second-order valence-electron chi connectivity index (χ2n) is 4.78. The van der Waals surface area contributed by atoms with Crippen LogP contribution in [0, 0.1) is 0 Å². The van der Waals surface area contributed by atoms with E-state index in [1.807, 2.05) is 23.6 Å². The minimum absolute atomic E-state index is 0.191. The quantitative estimate of drug-likeness (QED) is 0.941. The van der Waals surface area contributed by atoms with E-state index in [4.69, 9.17) is 9.25 Å². The lowest BCUT2D eigenvalue weighted by molar-refractivity contribution is -0.141. The summed E-state index contributed by atoms with van der Waals surface area (Å²) in [5.41, 5.74) is -0.137. The minimum Gasteiger partial charge on any atom is -0.467 e. The molecule has 0 spiro atoms. The van der Waals surface area contributed by atoms with Crippen molar-refractivity contribution < 1.29 is 14.0 Å². The minimum atomic E-state index is -0.952. The summed E-state index contributed by atoms with van der Waals surface area (Å²) >= 11 is 1.59. The SMILES string of the molecule is C[C@@]1(C(=O)NCc2ccco2)CC(c2cccs2)=NO1. The summed E-state index contributed by atoms with van der Waals surface area (Å²) in [6, 6.07) is 7.52. The number of furan rings is 1. The number of carbonyl (C=O) groups excluding carboxylic acids is 1. The molecule has 0 radical (unpaired) electrons. The van der Waals surface area contributed by atoms with Gasteiger partial charge in [0.25, 0.3) is 5.91 Å². The molecule has 0 unspecified atom stereocenters. The molecule has 5 nitrogen and oxygen atoms in total. The summed E-state index contributed by atoms with van der Waals surface area (Å²) in [6.45, 7) is 2.09. The number of hydrogen-bond donors (Lipinski definition) is 1. The maximum absolute atomic E-state index is 12.2. The Morgan fingerprint density at radius 2 is 2.40 bits per heavy atom. The van der Waals surface area contributed by atoms with Gasteiger partial charge in [0.1, 0.15) is 11.5 Å². The van der Waals surface area contributed by atoms with Gasteiger partial charge in [-0.15, -0.1) is 11.3 Å². The van der Waals surface area contributed by atoms with Crippen LogP contribution in [0.25, 0.3) is 0 Å². The number of amides is 1. The zero-order chi connectivity index (χ0) is 14.0. The summed E-state index contributed by atoms with van der Waals surface area (Å²) in [6.07, 6.45) is 2.05. The first-order valence-corrected chi connectivity index (χ1v) is 7.15. The van der Waals surface area contributed by atoms with Crippen molar-refractivity contribution in [3.63, 3.8) is 0 Å². The van der Waals surface area contributed by atoms with Gasteiger partial charge in [-0.3, -0.25) is 4.79 Å². The van der Waals surface area contributed by atoms with Gasteiger partial charge in [-0.1, -0.05) is 11.2 Å². The third-order valence-electron chi connectivity index (χ3n) is 3.15. The largest absolute Gasteiger partial charge is 0.467 e. The highest BCUT2D eigenvalue weighted by atomic mass is 32.1. The topological polar surface area (TPSA) is 63.8 Å². The molecule has 1 aliphatic heterocycles. The molecule has 104 valence electrons. The van der Waals surface area contributed by atoms with Crippen LogP contribution in [0.1, 0.15) is 24.0 Å². The van der Waals surface area contributed by atoms with Gasteiger partial charge in [0.05, 0.1) is 17.7 Å². The molecule has 0 saturated heterocycles. The van der Waals surface area contributed by atoms with Crippen LogP contribution in [0.2, 0.25) is 0 Å². The Kier molecular flexibility index (Phi) is 3.31. The van der Waals surface area contributed by atoms with Crippen LogP contribution < -0.4 is 5.32 Å². The molecule has 1 atom stereocenters. The standard InChI is InChI=1S/C14H14N2O3S/c1-14(13(17)15-9-10-4-2-6-18-10)8-11(16-19-14)12-5-3-7-20-12/h2-7H,8-9H2,1H3,(H,15,17)/t14-/m0/s1. The van der Waals surface area contributed by atoms with E-state index in [9.17, 15) is 4.79 Å². The van der Waals surface area contributed by atoms with Gasteiger partial charge in [-0.25, -0.2) is 0 Å². The third-order valence-corrected chi connectivity index (χ3v) is 4.07. The van der Waals surface area contributed by atoms with Gasteiger partial charge in [0, 0.05) is 6.42 Å². The number of thiophene rings is 1. The van der Waals surface area contributed by atoms with Crippen molar-refractivity contribution in [1.29, 1.82) is 0 Å². The van der Waals surface area contributed by atoms with Crippen LogP contribution in [0.15, 0.2) is 45.5 Å². The summed E-state index contributed by atoms with van der Waals surface area (Å²) in [5, 5.41) is 8.82. The Bertz CT molecular complexity index is 619. The normalized spacial score (nSPS) is 21.4. The first kappa shape index (κ1) is 12.9. The van der Waals surface area contributed by atoms with Crippen LogP contribution >= 0.6 is 11.3 Å². The molecule has 1 N–H and O–H groups in total. The van der Waals surface area contributed by atoms with Crippen molar-refractivity contribution in [2.75, 3.05) is 0 Å². The van der Waals surface area contributed by atoms with Gasteiger partial charge < -0.3 is 14.6 Å². The summed E-state index contributed by atoms with van der Waals surface area (Å²) in [4.78, 5) is 18.6. The van der Waals surface area contributed by atoms with E-state index >= 15 is 0 Å². The van der Waals surface area contributed by atoms with Crippen LogP contribution in [-0.2, 0) is 16.2 Å². The average Bonchev–Trinajstić information content (AvgIpc) is 3.17. The molecule has 2 aromatic rings. The Morgan fingerprint density at radius 1 is 1.50 bits per heavy atom. The zero-order valence-electron chi connectivity index (χ0n) is 11.0. The summed E-state index contributed by atoms with van der Waals surface area (Å²) in [5.74, 6) is 0.517. The maximum Gasteiger partial charge on any atom is 0.267 e. The van der Waals surface area contributed by atoms with Crippen molar-refractivity contribution >= 4 is 23.0 Å². The second kappa shape index (κ2) is 5.13. The van der Waals surface area contributed by atoms with Gasteiger partial charge in [-0.2, -0.15) is 0 Å². The first-order valence-electron chi connectivity index (χ1n) is 6.27. The van der Waals surface area contributed by atoms with E-state index in [2.05, 4.69) is 10.5 Å². The van der Waals surface area contributed by atoms with Crippen LogP contribution in [-0.4, -0.2) is 17.2 Å². The highest BCUT2D eigenvalue weighted by Gasteiger charge is 2.42. The first-order chi connectivity index (χ1) is 9.67. The lowest BCUT2D eigenvalue weighted by atomic mass is 9.98. The van der Waals surface area contributed by atoms with Gasteiger partial charge >= 0.3 is 0 Å². The fraction of sp³-hybridized carbons (Fsp3) is 0.286. The zero-order valence-corrected chi connectivity index (χ0v) is 11.8. The van der Waals surface area contributed by atoms with Crippen LogP contribution in [0.5, 0.6) is 0 Å². The van der Waals surface area contributed by atoms with Gasteiger partial charge in [0.15, 0.2) is 0 Å². The number of nitrogens with one attached hydrogen (secondary N) is 1. The number of hydrogen-bond acceptors (Lipinski definition) is 5. The molecule has 6 heteroatoms. The molecule has 0 aliphatic carbocycles. The van der Waals surface area contributed by atoms with E-state index in [1.54, 1.807) is 30.6 Å². The van der Waals surface area contributed by atoms with Crippen molar-refractivity contribution in [3.05, 3.63) is 46.5 Å². The Balaban J connectivity index is 1.61. The molecule has 0 aromatic carbocycles. The monoisotopic (exact) mass is 290 g/mol. The molecule has 3 heterocycles. The molecule has 0 bridgehead atoms. The number of carbonyl (C=O) groups is 1. The second-order valence-corrected chi connectivity index (χ2v) is 5.72. The Labute approximate surface area is 120 Å². The number of rotatable bonds is 4. The van der Waals surface area contributed by atoms with Crippen molar-refractivity contribution in [3.8, 4) is 0 Å². The molecule has 1 amide bonds. The van der Waals surface area contributed by atoms with Crippen molar-refractivity contribution in [2.24, 2.45) is 5.16 Å². The molecule has 2 aromatic heterocycles.